The first kappa shape index (κ1) is 18.3. The van der Waals surface area contributed by atoms with Crippen molar-refractivity contribution >= 4 is 40.0 Å². The van der Waals surface area contributed by atoms with Crippen LogP contribution in [0.1, 0.15) is 37.7 Å². The van der Waals surface area contributed by atoms with E-state index in [1.807, 2.05) is 30.3 Å². The van der Waals surface area contributed by atoms with Gasteiger partial charge in [0.05, 0.1) is 18.6 Å². The van der Waals surface area contributed by atoms with Gasteiger partial charge in [0.1, 0.15) is 0 Å². The van der Waals surface area contributed by atoms with Crippen molar-refractivity contribution in [3.63, 3.8) is 0 Å². The van der Waals surface area contributed by atoms with Crippen LogP contribution >= 0.6 is 28.0 Å². The van der Waals surface area contributed by atoms with Crippen LogP contribution in [0.3, 0.4) is 0 Å². The van der Waals surface area contributed by atoms with Crippen LogP contribution in [0.15, 0.2) is 33.8 Å². The number of nitrogens with zero attached hydrogens (tertiary/aromatic N) is 1. The molecule has 0 spiro atoms. The van der Waals surface area contributed by atoms with Crippen molar-refractivity contribution in [1.82, 2.24) is 10.7 Å². The second kappa shape index (κ2) is 9.94. The van der Waals surface area contributed by atoms with Crippen LogP contribution in [0.4, 0.5) is 0 Å². The zero-order chi connectivity index (χ0) is 16.5. The maximum atomic E-state index is 10.8. The Hall–Kier alpha value is -1.06. The average molecular weight is 403 g/mol. The summed E-state index contributed by atoms with van der Waals surface area (Å²) < 4.78 is 6.41. The summed E-state index contributed by atoms with van der Waals surface area (Å²) in [5, 5.41) is 10.5. The van der Waals surface area contributed by atoms with Gasteiger partial charge in [-0.2, -0.15) is 4.28 Å². The molecule has 1 aliphatic rings. The number of nitrogens with one attached hydrogen (secondary N) is 1. The average Bonchev–Trinajstić information content (AvgIpc) is 3.00. The molecule has 23 heavy (non-hydrogen) atoms. The van der Waals surface area contributed by atoms with Crippen molar-refractivity contribution < 1.29 is 19.1 Å². The number of amides is 1. The zero-order valence-electron chi connectivity index (χ0n) is 12.5. The summed E-state index contributed by atoms with van der Waals surface area (Å²) in [5.41, 5.74) is 2.67. The van der Waals surface area contributed by atoms with Crippen molar-refractivity contribution in [1.29, 1.82) is 0 Å². The number of hydroxylamine groups is 3. The normalized spacial score (nSPS) is 16.5. The Morgan fingerprint density at radius 2 is 2.00 bits per heavy atom. The number of hydrogen-bond donors (Lipinski definition) is 2. The molecule has 2 rings (SSSR count). The Bertz CT molecular complexity index is 539. The van der Waals surface area contributed by atoms with Crippen molar-refractivity contribution in [2.24, 2.45) is 0 Å². The van der Waals surface area contributed by atoms with Crippen LogP contribution < -0.4 is 5.48 Å². The van der Waals surface area contributed by atoms with Gasteiger partial charge in [0.25, 0.3) is 0 Å². The van der Waals surface area contributed by atoms with Crippen LogP contribution in [0.5, 0.6) is 0 Å². The molecule has 1 fully saturated rings. The largest absolute Gasteiger partial charge is 0.370 e. The fourth-order valence-electron chi connectivity index (χ4n) is 1.97. The second-order valence-corrected chi connectivity index (χ2v) is 6.65. The SMILES string of the molecule is O=C(CCCCCCN1OS/C(=C\c2ccc(Br)cc2)O1)NO. The molecule has 8 heteroatoms. The highest BCUT2D eigenvalue weighted by Crippen LogP contribution is 2.31. The summed E-state index contributed by atoms with van der Waals surface area (Å²) in [6.45, 7) is 0.664. The topological polar surface area (TPSA) is 71.0 Å². The Balaban J connectivity index is 1.62. The minimum Gasteiger partial charge on any atom is -0.370 e. The van der Waals surface area contributed by atoms with Gasteiger partial charge < -0.3 is 4.84 Å². The highest BCUT2D eigenvalue weighted by atomic mass is 79.9. The van der Waals surface area contributed by atoms with E-state index in [-0.39, 0.29) is 5.91 Å². The summed E-state index contributed by atoms with van der Waals surface area (Å²) in [4.78, 5) is 16.4. The number of benzene rings is 1. The molecule has 1 aromatic carbocycles. The number of carbonyl (C=O) groups is 1. The van der Waals surface area contributed by atoms with Gasteiger partial charge >= 0.3 is 0 Å². The summed E-state index contributed by atoms with van der Waals surface area (Å²) in [7, 11) is 0. The molecule has 0 radical (unpaired) electrons. The van der Waals surface area contributed by atoms with Crippen molar-refractivity contribution in [3.05, 3.63) is 39.4 Å². The van der Waals surface area contributed by atoms with Gasteiger partial charge in [-0.05, 0) is 41.8 Å². The van der Waals surface area contributed by atoms with Crippen molar-refractivity contribution in [2.75, 3.05) is 6.54 Å². The van der Waals surface area contributed by atoms with Gasteiger partial charge in [0.15, 0.2) is 0 Å². The Morgan fingerprint density at radius 1 is 1.26 bits per heavy atom. The molecule has 1 heterocycles. The molecule has 126 valence electrons. The highest BCUT2D eigenvalue weighted by Gasteiger charge is 2.20. The van der Waals surface area contributed by atoms with E-state index in [2.05, 4.69) is 15.9 Å². The summed E-state index contributed by atoms with van der Waals surface area (Å²) in [5.74, 6) is -0.338. The molecule has 1 aromatic rings. The summed E-state index contributed by atoms with van der Waals surface area (Å²) in [6.07, 6.45) is 5.84. The Morgan fingerprint density at radius 3 is 2.74 bits per heavy atom. The van der Waals surface area contributed by atoms with Crippen LogP contribution in [-0.2, 0) is 13.9 Å². The Labute approximate surface area is 148 Å². The van der Waals surface area contributed by atoms with Gasteiger partial charge in [0, 0.05) is 10.9 Å². The smallest absolute Gasteiger partial charge is 0.243 e. The molecule has 0 aliphatic carbocycles. The minimum absolute atomic E-state index is 0.338. The summed E-state index contributed by atoms with van der Waals surface area (Å²) in [6, 6.07) is 7.93. The Kier molecular flexibility index (Phi) is 7.90. The van der Waals surface area contributed by atoms with E-state index >= 15 is 0 Å². The number of rotatable bonds is 8. The van der Waals surface area contributed by atoms with Crippen molar-refractivity contribution in [2.45, 2.75) is 32.1 Å². The van der Waals surface area contributed by atoms with Crippen molar-refractivity contribution in [3.8, 4) is 0 Å². The highest BCUT2D eigenvalue weighted by molar-refractivity contribution is 9.10. The standard InChI is InChI=1S/C15H19BrN2O4S/c16-13-8-6-12(7-9-13)11-15-21-18(22-23-15)10-4-2-1-3-5-14(19)17-20/h6-9,11,20H,1-5,10H2,(H,17,19)/b15-11-. The lowest BCUT2D eigenvalue weighted by molar-refractivity contribution is -0.259. The minimum atomic E-state index is -0.338. The van der Waals surface area contributed by atoms with Gasteiger partial charge in [0.2, 0.25) is 11.0 Å². The maximum Gasteiger partial charge on any atom is 0.243 e. The molecule has 0 aromatic heterocycles. The van der Waals surface area contributed by atoms with E-state index in [4.69, 9.17) is 14.3 Å². The number of hydrogen-bond acceptors (Lipinski definition) is 6. The van der Waals surface area contributed by atoms with Crippen LogP contribution in [0.25, 0.3) is 6.08 Å². The molecule has 0 bridgehead atoms. The number of carbonyl (C=O) groups excluding carboxylic acids is 1. The lowest BCUT2D eigenvalue weighted by Gasteiger charge is -2.10. The van der Waals surface area contributed by atoms with Gasteiger partial charge in [-0.15, -0.1) is 0 Å². The fraction of sp³-hybridized carbons (Fsp3) is 0.400. The molecule has 1 aliphatic heterocycles. The molecule has 1 amide bonds. The van der Waals surface area contributed by atoms with Crippen LogP contribution in [-0.4, -0.2) is 22.9 Å². The molecule has 0 unspecified atom stereocenters. The second-order valence-electron chi connectivity index (χ2n) is 5.02. The van der Waals surface area contributed by atoms with Crippen LogP contribution in [0.2, 0.25) is 0 Å². The van der Waals surface area contributed by atoms with Crippen LogP contribution in [0, 0.1) is 0 Å². The van der Waals surface area contributed by atoms with E-state index < -0.39 is 0 Å². The van der Waals surface area contributed by atoms with E-state index in [1.165, 1.54) is 17.3 Å². The zero-order valence-corrected chi connectivity index (χ0v) is 14.9. The molecular weight excluding hydrogens is 384 g/mol. The third-order valence-corrected chi connectivity index (χ3v) is 4.29. The molecule has 1 saturated heterocycles. The van der Waals surface area contributed by atoms with E-state index in [1.54, 1.807) is 5.48 Å². The quantitative estimate of drug-likeness (QED) is 0.296. The third-order valence-electron chi connectivity index (χ3n) is 3.17. The molecule has 0 atom stereocenters. The monoisotopic (exact) mass is 402 g/mol. The van der Waals surface area contributed by atoms with Gasteiger partial charge in [-0.1, -0.05) is 40.9 Å². The third kappa shape index (κ3) is 6.92. The predicted octanol–water partition coefficient (Wildman–Crippen LogP) is 4.03. The van der Waals surface area contributed by atoms with E-state index in [0.717, 1.165) is 35.7 Å². The maximum absolute atomic E-state index is 10.8. The molecular formula is C15H19BrN2O4S. The number of unbranched alkanes of at least 4 members (excludes halogenated alkanes) is 3. The fourth-order valence-corrected chi connectivity index (χ4v) is 2.80. The summed E-state index contributed by atoms with van der Waals surface area (Å²) >= 11 is 4.60. The first-order valence-corrected chi connectivity index (χ1v) is 8.91. The lowest BCUT2D eigenvalue weighted by atomic mass is 10.1. The lowest BCUT2D eigenvalue weighted by Crippen LogP contribution is -2.18. The molecule has 6 nitrogen and oxygen atoms in total. The first-order valence-electron chi connectivity index (χ1n) is 7.38. The van der Waals surface area contributed by atoms with Gasteiger partial charge in [-0.3, -0.25) is 10.0 Å². The molecule has 0 saturated carbocycles. The first-order chi connectivity index (χ1) is 11.2. The predicted molar refractivity (Wildman–Crippen MR) is 91.6 cm³/mol. The van der Waals surface area contributed by atoms with Gasteiger partial charge in [-0.25, -0.2) is 5.48 Å². The van der Waals surface area contributed by atoms with E-state index in [9.17, 15) is 4.79 Å². The van der Waals surface area contributed by atoms with E-state index in [0.29, 0.717) is 18.1 Å². The number of halogens is 1. The molecule has 2 N–H and O–H groups in total.